The van der Waals surface area contributed by atoms with E-state index in [0.717, 1.165) is 11.1 Å². The van der Waals surface area contributed by atoms with Crippen LogP contribution in [-0.2, 0) is 20.2 Å². The Morgan fingerprint density at radius 3 is 0.970 bits per heavy atom. The molecule has 0 aliphatic rings. The van der Waals surface area contributed by atoms with Crippen LogP contribution in [0.15, 0.2) is 180 Å². The standard InChI is InChI=1S/C48H38N4O12S2/c1-31-6-26-43(27-7-31)65(57,58)63-41-22-14-37(15-23-41)51-47(55)49-35-10-18-39(19-11-35)61-45(53)33-4-3-5-34(30-33)46(54)62-40-20-12-36(13-21-40)50-48(56)52-38-16-24-42(25-17-38)64-66(59,60)44-28-8-32(2)9-29-44/h3-30H,1-2H3,(H2,49,51,55)(H2,50,52,56). The van der Waals surface area contributed by atoms with Gasteiger partial charge in [0, 0.05) is 22.7 Å². The average molecular weight is 927 g/mol. The summed E-state index contributed by atoms with van der Waals surface area (Å²) >= 11 is 0. The van der Waals surface area contributed by atoms with E-state index >= 15 is 0 Å². The second-order valence-electron chi connectivity index (χ2n) is 14.3. The molecule has 334 valence electrons. The Bertz CT molecular complexity index is 2900. The van der Waals surface area contributed by atoms with Crippen LogP contribution in [0, 0.1) is 13.8 Å². The van der Waals surface area contributed by atoms with Gasteiger partial charge in [-0.1, -0.05) is 41.5 Å². The third-order valence-electron chi connectivity index (χ3n) is 9.23. The molecule has 0 spiro atoms. The first-order valence-electron chi connectivity index (χ1n) is 19.7. The maximum Gasteiger partial charge on any atom is 0.343 e. The van der Waals surface area contributed by atoms with Crippen molar-refractivity contribution in [3.05, 3.63) is 192 Å². The largest absolute Gasteiger partial charge is 0.423 e. The first kappa shape index (κ1) is 45.5. The molecule has 0 bridgehead atoms. The molecule has 16 nitrogen and oxygen atoms in total. The van der Waals surface area contributed by atoms with Crippen molar-refractivity contribution in [3.63, 3.8) is 0 Å². The molecule has 4 amide bonds. The lowest BCUT2D eigenvalue weighted by Gasteiger charge is -2.11. The van der Waals surface area contributed by atoms with E-state index in [2.05, 4.69) is 21.3 Å². The molecule has 0 unspecified atom stereocenters. The predicted molar refractivity (Wildman–Crippen MR) is 245 cm³/mol. The molecule has 0 aliphatic heterocycles. The first-order chi connectivity index (χ1) is 31.6. The summed E-state index contributed by atoms with van der Waals surface area (Å²) in [5, 5.41) is 10.6. The summed E-state index contributed by atoms with van der Waals surface area (Å²) in [6, 6.07) is 40.4. The fraction of sp³-hybridized carbons (Fsp3) is 0.0417. The minimum Gasteiger partial charge on any atom is -0.423 e. The lowest BCUT2D eigenvalue weighted by Crippen LogP contribution is -2.19. The highest BCUT2D eigenvalue weighted by Gasteiger charge is 2.19. The van der Waals surface area contributed by atoms with Gasteiger partial charge in [-0.3, -0.25) is 0 Å². The lowest BCUT2D eigenvalue weighted by atomic mass is 10.1. The summed E-state index contributed by atoms with van der Waals surface area (Å²) in [5.74, 6) is -1.07. The molecule has 0 heterocycles. The van der Waals surface area contributed by atoms with Gasteiger partial charge >= 0.3 is 44.2 Å². The molecule has 66 heavy (non-hydrogen) atoms. The van der Waals surface area contributed by atoms with Crippen LogP contribution in [0.3, 0.4) is 0 Å². The summed E-state index contributed by atoms with van der Waals surface area (Å²) in [6.07, 6.45) is 0. The maximum atomic E-state index is 13.0. The second-order valence-corrected chi connectivity index (χ2v) is 17.4. The number of carbonyl (C=O) groups excluding carboxylic acids is 4. The van der Waals surface area contributed by atoms with Gasteiger partial charge in [-0.15, -0.1) is 0 Å². The van der Waals surface area contributed by atoms with Crippen molar-refractivity contribution in [2.24, 2.45) is 0 Å². The van der Waals surface area contributed by atoms with Gasteiger partial charge < -0.3 is 39.1 Å². The zero-order valence-corrected chi connectivity index (χ0v) is 36.5. The minimum atomic E-state index is -4.04. The van der Waals surface area contributed by atoms with Crippen LogP contribution in [0.4, 0.5) is 32.3 Å². The lowest BCUT2D eigenvalue weighted by molar-refractivity contribution is 0.0734. The van der Waals surface area contributed by atoms with E-state index in [4.69, 9.17) is 17.8 Å². The number of aryl methyl sites for hydroxylation is 2. The quantitative estimate of drug-likeness (QED) is 0.0455. The maximum absolute atomic E-state index is 13.0. The van der Waals surface area contributed by atoms with Crippen LogP contribution < -0.4 is 39.1 Å². The van der Waals surface area contributed by atoms with E-state index < -0.39 is 44.2 Å². The monoisotopic (exact) mass is 926 g/mol. The van der Waals surface area contributed by atoms with Gasteiger partial charge in [0.15, 0.2) is 0 Å². The topological polar surface area (TPSA) is 222 Å². The van der Waals surface area contributed by atoms with Crippen molar-refractivity contribution in [2.45, 2.75) is 23.6 Å². The molecule has 4 N–H and O–H groups in total. The van der Waals surface area contributed by atoms with E-state index in [0.29, 0.717) is 22.7 Å². The number of urea groups is 2. The predicted octanol–water partition coefficient (Wildman–Crippen LogP) is 9.57. The molecule has 0 aromatic heterocycles. The van der Waals surface area contributed by atoms with Crippen LogP contribution in [0.25, 0.3) is 0 Å². The Balaban J connectivity index is 0.847. The highest BCUT2D eigenvalue weighted by Crippen LogP contribution is 2.25. The molecule has 0 aliphatic carbocycles. The van der Waals surface area contributed by atoms with E-state index in [1.807, 2.05) is 13.8 Å². The van der Waals surface area contributed by atoms with Crippen LogP contribution in [-0.4, -0.2) is 40.8 Å². The van der Waals surface area contributed by atoms with Gasteiger partial charge in [-0.25, -0.2) is 19.2 Å². The number of carbonyl (C=O) groups is 4. The Kier molecular flexibility index (Phi) is 13.7. The van der Waals surface area contributed by atoms with E-state index in [1.54, 1.807) is 24.3 Å². The van der Waals surface area contributed by atoms with E-state index in [9.17, 15) is 36.0 Å². The fourth-order valence-electron chi connectivity index (χ4n) is 5.85. The van der Waals surface area contributed by atoms with Crippen molar-refractivity contribution in [1.82, 2.24) is 0 Å². The normalized spacial score (nSPS) is 11.1. The minimum absolute atomic E-state index is 0.0122. The molecule has 0 radical (unpaired) electrons. The third kappa shape index (κ3) is 12.4. The van der Waals surface area contributed by atoms with Crippen molar-refractivity contribution in [2.75, 3.05) is 21.3 Å². The smallest absolute Gasteiger partial charge is 0.343 e. The summed E-state index contributed by atoms with van der Waals surface area (Å²) in [7, 11) is -8.08. The van der Waals surface area contributed by atoms with Gasteiger partial charge in [-0.05, 0) is 153 Å². The molecule has 7 rings (SSSR count). The summed E-state index contributed by atoms with van der Waals surface area (Å²) in [6.45, 7) is 3.68. The molecule has 7 aromatic carbocycles. The van der Waals surface area contributed by atoms with Crippen molar-refractivity contribution in [3.8, 4) is 23.0 Å². The van der Waals surface area contributed by atoms with Crippen LogP contribution in [0.2, 0.25) is 0 Å². The summed E-state index contributed by atoms with van der Waals surface area (Å²) in [5.41, 5.74) is 3.41. The number of hydrogen-bond acceptors (Lipinski definition) is 12. The van der Waals surface area contributed by atoms with Crippen LogP contribution in [0.1, 0.15) is 31.8 Å². The first-order valence-corrected chi connectivity index (χ1v) is 22.5. The molecular weight excluding hydrogens is 889 g/mol. The summed E-state index contributed by atoms with van der Waals surface area (Å²) in [4.78, 5) is 51.3. The van der Waals surface area contributed by atoms with Crippen LogP contribution >= 0.6 is 0 Å². The number of benzene rings is 7. The Morgan fingerprint density at radius 1 is 0.379 bits per heavy atom. The molecule has 0 atom stereocenters. The number of hydrogen-bond donors (Lipinski definition) is 4. The van der Waals surface area contributed by atoms with Gasteiger partial charge in [0.25, 0.3) is 0 Å². The Hall–Kier alpha value is -8.48. The molecule has 18 heteroatoms. The van der Waals surface area contributed by atoms with E-state index in [1.165, 1.54) is 146 Å². The second kappa shape index (κ2) is 19.9. The fourth-order valence-corrected chi connectivity index (χ4v) is 7.71. The zero-order chi connectivity index (χ0) is 46.8. The van der Waals surface area contributed by atoms with Crippen molar-refractivity contribution in [1.29, 1.82) is 0 Å². The van der Waals surface area contributed by atoms with Crippen molar-refractivity contribution < 1.29 is 53.9 Å². The Labute approximate surface area is 379 Å². The molecule has 0 saturated heterocycles. The van der Waals surface area contributed by atoms with Gasteiger partial charge in [0.1, 0.15) is 32.8 Å². The van der Waals surface area contributed by atoms with Crippen LogP contribution in [0.5, 0.6) is 23.0 Å². The highest BCUT2D eigenvalue weighted by atomic mass is 32.2. The van der Waals surface area contributed by atoms with Gasteiger partial charge in [0.05, 0.1) is 11.1 Å². The molecular formula is C48H38N4O12S2. The molecule has 7 aromatic rings. The molecule has 0 fully saturated rings. The number of ether oxygens (including phenoxy) is 2. The average Bonchev–Trinajstić information content (AvgIpc) is 3.29. The third-order valence-corrected chi connectivity index (χ3v) is 11.8. The summed E-state index contributed by atoms with van der Waals surface area (Å²) < 4.78 is 71.6. The number of rotatable bonds is 14. The highest BCUT2D eigenvalue weighted by molar-refractivity contribution is 7.87. The number of esters is 2. The zero-order valence-electron chi connectivity index (χ0n) is 34.9. The van der Waals surface area contributed by atoms with Gasteiger partial charge in [-0.2, -0.15) is 16.8 Å². The van der Waals surface area contributed by atoms with Crippen molar-refractivity contribution >= 4 is 67.0 Å². The van der Waals surface area contributed by atoms with Gasteiger partial charge in [0.2, 0.25) is 0 Å². The van der Waals surface area contributed by atoms with E-state index in [-0.39, 0.29) is 43.9 Å². The Morgan fingerprint density at radius 2 is 0.667 bits per heavy atom. The SMILES string of the molecule is Cc1ccc(S(=O)(=O)Oc2ccc(NC(=O)Nc3ccc(OC(=O)c4cccc(C(=O)Oc5ccc(NC(=O)Nc6ccc(OS(=O)(=O)c7ccc(C)cc7)cc6)cc5)c4)cc3)cc2)cc1. The molecule has 0 saturated carbocycles. The number of amides is 4. The number of anilines is 4. The number of nitrogens with one attached hydrogen (secondary N) is 4.